The number of rotatable bonds is 3. The molecule has 5 rings (SSSR count). The lowest BCUT2D eigenvalue weighted by Crippen LogP contribution is -2.55. The highest BCUT2D eigenvalue weighted by Gasteiger charge is 2.41. The molecule has 1 aromatic heterocycles. The number of piperidine rings is 3. The van der Waals surface area contributed by atoms with Gasteiger partial charge in [-0.2, -0.15) is 5.10 Å². The minimum Gasteiger partial charge on any atom is -0.329 e. The summed E-state index contributed by atoms with van der Waals surface area (Å²) in [5, 5.41) is 4.75. The zero-order valence-corrected chi connectivity index (χ0v) is 13.2. The lowest BCUT2D eigenvalue weighted by atomic mass is 9.74. The third kappa shape index (κ3) is 2.27. The molecular formula is C18H24N4. The van der Waals surface area contributed by atoms with Gasteiger partial charge in [0.05, 0.1) is 5.69 Å². The molecular weight excluding hydrogens is 272 g/mol. The summed E-state index contributed by atoms with van der Waals surface area (Å²) in [6.45, 7) is 3.15. The summed E-state index contributed by atoms with van der Waals surface area (Å²) in [7, 11) is 2.08. The van der Waals surface area contributed by atoms with Gasteiger partial charge in [-0.25, -0.2) is 0 Å². The molecule has 0 saturated carbocycles. The molecule has 4 atom stereocenters. The summed E-state index contributed by atoms with van der Waals surface area (Å²) in [5.74, 6) is 1.36. The van der Waals surface area contributed by atoms with Gasteiger partial charge in [-0.15, -0.1) is 0 Å². The quantitative estimate of drug-likeness (QED) is 0.945. The Balaban J connectivity index is 1.63. The normalized spacial score (nSPS) is 30.6. The van der Waals surface area contributed by atoms with Crippen LogP contribution in [-0.2, 0) is 7.05 Å². The molecule has 3 saturated heterocycles. The van der Waals surface area contributed by atoms with Crippen LogP contribution in [0.5, 0.6) is 0 Å². The Morgan fingerprint density at radius 2 is 2.09 bits per heavy atom. The minimum atomic E-state index is 0.594. The van der Waals surface area contributed by atoms with Crippen LogP contribution in [0.3, 0.4) is 0 Å². The Morgan fingerprint density at radius 1 is 1.27 bits per heavy atom. The second-order valence-corrected chi connectivity index (χ2v) is 6.72. The number of hydrogen-bond donors (Lipinski definition) is 1. The first-order valence-corrected chi connectivity index (χ1v) is 8.29. The van der Waals surface area contributed by atoms with Gasteiger partial charge >= 0.3 is 0 Å². The van der Waals surface area contributed by atoms with Gasteiger partial charge in [-0.05, 0) is 31.4 Å². The van der Waals surface area contributed by atoms with E-state index < -0.39 is 0 Å². The van der Waals surface area contributed by atoms with Crippen LogP contribution in [0.25, 0.3) is 11.3 Å². The fraction of sp³-hybridized carbons (Fsp3) is 0.500. The molecule has 116 valence electrons. The van der Waals surface area contributed by atoms with Crippen LogP contribution in [0.15, 0.2) is 36.4 Å². The third-order valence-electron chi connectivity index (χ3n) is 5.52. The molecule has 3 aliphatic heterocycles. The van der Waals surface area contributed by atoms with E-state index in [-0.39, 0.29) is 0 Å². The predicted molar refractivity (Wildman–Crippen MR) is 88.5 cm³/mol. The first-order valence-electron chi connectivity index (χ1n) is 8.29. The molecule has 22 heavy (non-hydrogen) atoms. The highest BCUT2D eigenvalue weighted by Crippen LogP contribution is 2.42. The Hall–Kier alpha value is -1.65. The molecule has 2 bridgehead atoms. The molecule has 4 heteroatoms. The van der Waals surface area contributed by atoms with Gasteiger partial charge in [-0.3, -0.25) is 9.58 Å². The zero-order chi connectivity index (χ0) is 15.1. The topological polar surface area (TPSA) is 47.1 Å². The number of hydrogen-bond acceptors (Lipinski definition) is 3. The second kappa shape index (κ2) is 5.52. The molecule has 0 radical (unpaired) electrons. The van der Waals surface area contributed by atoms with Gasteiger partial charge in [0.15, 0.2) is 0 Å². The van der Waals surface area contributed by atoms with Crippen molar-refractivity contribution in [3.05, 3.63) is 42.1 Å². The highest BCUT2D eigenvalue weighted by atomic mass is 15.3. The first kappa shape index (κ1) is 14.0. The van der Waals surface area contributed by atoms with E-state index >= 15 is 0 Å². The van der Waals surface area contributed by atoms with Crippen molar-refractivity contribution in [2.75, 3.05) is 19.6 Å². The molecule has 3 fully saturated rings. The van der Waals surface area contributed by atoms with Crippen molar-refractivity contribution < 1.29 is 0 Å². The fourth-order valence-corrected chi connectivity index (χ4v) is 4.30. The van der Waals surface area contributed by atoms with Crippen molar-refractivity contribution in [1.82, 2.24) is 14.7 Å². The third-order valence-corrected chi connectivity index (χ3v) is 5.52. The van der Waals surface area contributed by atoms with Crippen LogP contribution in [0.1, 0.15) is 24.5 Å². The van der Waals surface area contributed by atoms with Crippen molar-refractivity contribution in [3.63, 3.8) is 0 Å². The van der Waals surface area contributed by atoms with Crippen LogP contribution < -0.4 is 5.73 Å². The largest absolute Gasteiger partial charge is 0.329 e. The van der Waals surface area contributed by atoms with Crippen LogP contribution in [0, 0.1) is 5.92 Å². The summed E-state index contributed by atoms with van der Waals surface area (Å²) in [4.78, 5) is 2.58. The average molecular weight is 296 g/mol. The molecule has 1 unspecified atom stereocenters. The van der Waals surface area contributed by atoms with E-state index in [0.29, 0.717) is 12.0 Å². The van der Waals surface area contributed by atoms with E-state index in [0.717, 1.165) is 24.7 Å². The molecule has 0 aliphatic carbocycles. The first-order chi connectivity index (χ1) is 10.8. The monoisotopic (exact) mass is 296 g/mol. The second-order valence-electron chi connectivity index (χ2n) is 6.72. The molecule has 3 aliphatic rings. The fourth-order valence-electron chi connectivity index (χ4n) is 4.30. The van der Waals surface area contributed by atoms with Gasteiger partial charge in [0, 0.05) is 43.4 Å². The van der Waals surface area contributed by atoms with Gasteiger partial charge in [0.1, 0.15) is 0 Å². The number of aromatic nitrogens is 2. The number of nitrogens with zero attached hydrogens (tertiary/aromatic N) is 3. The van der Waals surface area contributed by atoms with E-state index in [2.05, 4.69) is 47.0 Å². The van der Waals surface area contributed by atoms with Crippen molar-refractivity contribution in [1.29, 1.82) is 0 Å². The maximum absolute atomic E-state index is 5.92. The summed E-state index contributed by atoms with van der Waals surface area (Å²) in [5.41, 5.74) is 9.59. The average Bonchev–Trinajstić information content (AvgIpc) is 2.97. The Kier molecular flexibility index (Phi) is 3.51. The molecule has 2 aromatic rings. The molecule has 2 N–H and O–H groups in total. The molecule has 4 heterocycles. The van der Waals surface area contributed by atoms with Crippen molar-refractivity contribution in [3.8, 4) is 11.3 Å². The van der Waals surface area contributed by atoms with Crippen LogP contribution in [0.4, 0.5) is 0 Å². The van der Waals surface area contributed by atoms with E-state index in [1.807, 2.05) is 6.07 Å². The summed E-state index contributed by atoms with van der Waals surface area (Å²) >= 11 is 0. The summed E-state index contributed by atoms with van der Waals surface area (Å²) in [6, 6.07) is 13.3. The number of aryl methyl sites for hydroxylation is 1. The number of benzene rings is 1. The predicted octanol–water partition coefficient (Wildman–Crippen LogP) is 2.22. The van der Waals surface area contributed by atoms with Crippen molar-refractivity contribution >= 4 is 0 Å². The van der Waals surface area contributed by atoms with E-state index in [9.17, 15) is 0 Å². The van der Waals surface area contributed by atoms with Gasteiger partial charge in [-0.1, -0.05) is 30.3 Å². The standard InChI is InChI=1S/C18H24N4/c1-21-18(10-17(20-21)13-5-3-2-4-6-13)16-12-22-8-7-14(16)9-15(22)11-19/h2-6,10,14-16H,7-9,11-12,19H2,1H3/t14-,15+,16-/m0/s1. The van der Waals surface area contributed by atoms with Crippen LogP contribution in [-0.4, -0.2) is 40.4 Å². The molecule has 4 nitrogen and oxygen atoms in total. The Morgan fingerprint density at radius 3 is 2.77 bits per heavy atom. The van der Waals surface area contributed by atoms with E-state index in [4.69, 9.17) is 10.8 Å². The lowest BCUT2D eigenvalue weighted by Gasteiger charge is -2.49. The molecule has 0 spiro atoms. The van der Waals surface area contributed by atoms with Gasteiger partial charge in [0.25, 0.3) is 0 Å². The Bertz CT molecular complexity index is 648. The minimum absolute atomic E-state index is 0.594. The Labute approximate surface area is 131 Å². The van der Waals surface area contributed by atoms with Crippen molar-refractivity contribution in [2.45, 2.75) is 24.8 Å². The van der Waals surface area contributed by atoms with Crippen molar-refractivity contribution in [2.24, 2.45) is 18.7 Å². The zero-order valence-electron chi connectivity index (χ0n) is 13.2. The van der Waals surface area contributed by atoms with Crippen LogP contribution in [0.2, 0.25) is 0 Å². The van der Waals surface area contributed by atoms with Crippen LogP contribution >= 0.6 is 0 Å². The highest BCUT2D eigenvalue weighted by molar-refractivity contribution is 5.59. The summed E-state index contributed by atoms with van der Waals surface area (Å²) in [6.07, 6.45) is 2.54. The van der Waals surface area contributed by atoms with Gasteiger partial charge in [0.2, 0.25) is 0 Å². The molecule has 1 aromatic carbocycles. The molecule has 0 amide bonds. The van der Waals surface area contributed by atoms with E-state index in [1.54, 1.807) is 0 Å². The summed E-state index contributed by atoms with van der Waals surface area (Å²) < 4.78 is 2.09. The maximum atomic E-state index is 5.92. The van der Waals surface area contributed by atoms with E-state index in [1.165, 1.54) is 30.6 Å². The maximum Gasteiger partial charge on any atom is 0.0926 e. The smallest absolute Gasteiger partial charge is 0.0926 e. The SMILES string of the molecule is Cn1nc(-c2ccccc2)cc1[C@H]1CN2CC[C@H]1C[C@@H]2CN. The lowest BCUT2D eigenvalue weighted by molar-refractivity contribution is 0.0322. The number of fused-ring (bicyclic) bond motifs is 3. The number of nitrogens with two attached hydrogens (primary N) is 1. The van der Waals surface area contributed by atoms with Gasteiger partial charge < -0.3 is 5.73 Å².